The van der Waals surface area contributed by atoms with Crippen molar-refractivity contribution in [3.8, 4) is 0 Å². The van der Waals surface area contributed by atoms with E-state index in [-0.39, 0.29) is 12.1 Å². The summed E-state index contributed by atoms with van der Waals surface area (Å²) in [7, 11) is 0. The van der Waals surface area contributed by atoms with Crippen LogP contribution in [0.15, 0.2) is 0 Å². The summed E-state index contributed by atoms with van der Waals surface area (Å²) < 4.78 is 4.76. The third-order valence-electron chi connectivity index (χ3n) is 1.79. The van der Waals surface area contributed by atoms with Crippen molar-refractivity contribution in [1.29, 1.82) is 0 Å². The molecule has 0 spiro atoms. The molecule has 0 fully saturated rings. The number of carbonyl (C=O) groups excluding carboxylic acids is 1. The maximum Gasteiger partial charge on any atom is 0.305 e. The highest BCUT2D eigenvalue weighted by Crippen LogP contribution is 2.08. The van der Waals surface area contributed by atoms with Crippen molar-refractivity contribution in [3.63, 3.8) is 0 Å². The molecule has 0 radical (unpaired) electrons. The van der Waals surface area contributed by atoms with Gasteiger partial charge in [0.2, 0.25) is 0 Å². The van der Waals surface area contributed by atoms with Crippen LogP contribution in [0.4, 0.5) is 0 Å². The van der Waals surface area contributed by atoms with Crippen LogP contribution in [0.1, 0.15) is 33.1 Å². The van der Waals surface area contributed by atoms with Crippen LogP contribution in [0, 0.1) is 0 Å². The van der Waals surface area contributed by atoms with Gasteiger partial charge in [-0.15, -0.1) is 0 Å². The van der Waals surface area contributed by atoms with E-state index in [0.717, 1.165) is 17.9 Å². The molecule has 0 bridgehead atoms. The molecular weight excluding hydrogens is 200 g/mol. The van der Waals surface area contributed by atoms with Gasteiger partial charge in [-0.2, -0.15) is 11.8 Å². The van der Waals surface area contributed by atoms with Crippen molar-refractivity contribution in [2.24, 2.45) is 0 Å². The van der Waals surface area contributed by atoms with Crippen LogP contribution in [0.25, 0.3) is 0 Å². The molecule has 0 saturated carbocycles. The third-order valence-corrected chi connectivity index (χ3v) is 2.72. The summed E-state index contributed by atoms with van der Waals surface area (Å²) >= 11 is 1.80. The molecule has 1 atom stereocenters. The Morgan fingerprint density at radius 3 is 2.71 bits per heavy atom. The van der Waals surface area contributed by atoms with Gasteiger partial charge in [-0.05, 0) is 31.3 Å². The number of hydrogen-bond acceptors (Lipinski definition) is 4. The average Bonchev–Trinajstić information content (AvgIpc) is 2.16. The lowest BCUT2D eigenvalue weighted by Crippen LogP contribution is -2.12. The Hall–Kier alpha value is -0.220. The standard InChI is InChI=1S/C10H20O3S/c1-3-13-10(12)6-5-9(11)7-8-14-4-2/h9,11H,3-8H2,1-2H3. The first kappa shape index (κ1) is 13.8. The van der Waals surface area contributed by atoms with Crippen molar-refractivity contribution in [1.82, 2.24) is 0 Å². The van der Waals surface area contributed by atoms with Crippen LogP contribution in [-0.4, -0.2) is 35.3 Å². The molecule has 0 rings (SSSR count). The number of carbonyl (C=O) groups is 1. The predicted molar refractivity (Wildman–Crippen MR) is 59.5 cm³/mol. The van der Waals surface area contributed by atoms with Crippen molar-refractivity contribution < 1.29 is 14.6 Å². The van der Waals surface area contributed by atoms with Crippen molar-refractivity contribution in [3.05, 3.63) is 0 Å². The highest BCUT2D eigenvalue weighted by molar-refractivity contribution is 7.99. The first-order chi connectivity index (χ1) is 6.70. The SMILES string of the molecule is CCOC(=O)CCC(O)CCSCC. The molecular formula is C10H20O3S. The number of thioether (sulfide) groups is 1. The van der Waals surface area contributed by atoms with E-state index >= 15 is 0 Å². The van der Waals surface area contributed by atoms with E-state index in [1.807, 2.05) is 0 Å². The number of aliphatic hydroxyl groups excluding tert-OH is 1. The molecule has 0 aliphatic carbocycles. The number of aliphatic hydroxyl groups is 1. The molecule has 1 unspecified atom stereocenters. The quantitative estimate of drug-likeness (QED) is 0.501. The Morgan fingerprint density at radius 1 is 1.43 bits per heavy atom. The lowest BCUT2D eigenvalue weighted by atomic mass is 10.1. The molecule has 0 saturated heterocycles. The minimum atomic E-state index is -0.363. The van der Waals surface area contributed by atoms with Gasteiger partial charge in [-0.1, -0.05) is 6.92 Å². The molecule has 0 aromatic carbocycles. The molecule has 84 valence electrons. The summed E-state index contributed by atoms with van der Waals surface area (Å²) in [5.74, 6) is 1.82. The van der Waals surface area contributed by atoms with Gasteiger partial charge in [0.1, 0.15) is 0 Å². The number of hydrogen-bond donors (Lipinski definition) is 1. The average molecular weight is 220 g/mol. The van der Waals surface area contributed by atoms with Crippen LogP contribution >= 0.6 is 11.8 Å². The second-order valence-corrected chi connectivity index (χ2v) is 4.38. The highest BCUT2D eigenvalue weighted by Gasteiger charge is 2.08. The van der Waals surface area contributed by atoms with Crippen LogP contribution in [0.2, 0.25) is 0 Å². The van der Waals surface area contributed by atoms with E-state index in [4.69, 9.17) is 4.74 Å². The van der Waals surface area contributed by atoms with Gasteiger partial charge < -0.3 is 9.84 Å². The molecule has 1 N–H and O–H groups in total. The van der Waals surface area contributed by atoms with Gasteiger partial charge in [-0.25, -0.2) is 0 Å². The molecule has 0 aliphatic heterocycles. The fourth-order valence-corrected chi connectivity index (χ4v) is 1.75. The van der Waals surface area contributed by atoms with E-state index in [1.165, 1.54) is 0 Å². The van der Waals surface area contributed by atoms with Crippen molar-refractivity contribution in [2.75, 3.05) is 18.1 Å². The maximum atomic E-state index is 10.9. The molecule has 14 heavy (non-hydrogen) atoms. The van der Waals surface area contributed by atoms with Gasteiger partial charge in [0.25, 0.3) is 0 Å². The highest BCUT2D eigenvalue weighted by atomic mass is 32.2. The number of ether oxygens (including phenoxy) is 1. The number of rotatable bonds is 8. The normalized spacial score (nSPS) is 12.5. The lowest BCUT2D eigenvalue weighted by Gasteiger charge is -2.08. The van der Waals surface area contributed by atoms with Gasteiger partial charge in [0.05, 0.1) is 12.7 Å². The topological polar surface area (TPSA) is 46.5 Å². The molecule has 0 aromatic rings. The minimum absolute atomic E-state index is 0.213. The Labute approximate surface area is 90.2 Å². The smallest absolute Gasteiger partial charge is 0.305 e. The second kappa shape index (κ2) is 9.34. The van der Waals surface area contributed by atoms with Crippen molar-refractivity contribution in [2.45, 2.75) is 39.2 Å². The zero-order chi connectivity index (χ0) is 10.8. The molecule has 0 aromatic heterocycles. The first-order valence-electron chi connectivity index (χ1n) is 5.12. The molecule has 3 nitrogen and oxygen atoms in total. The summed E-state index contributed by atoms with van der Waals surface area (Å²) in [6.45, 7) is 4.29. The monoisotopic (exact) mass is 220 g/mol. The van der Waals surface area contributed by atoms with E-state index in [9.17, 15) is 9.90 Å². The Bertz CT molecular complexity index is 150. The van der Waals surface area contributed by atoms with E-state index < -0.39 is 0 Å². The predicted octanol–water partition coefficient (Wildman–Crippen LogP) is 1.83. The molecule has 0 aliphatic rings. The van der Waals surface area contributed by atoms with Gasteiger partial charge in [-0.3, -0.25) is 4.79 Å². The zero-order valence-corrected chi connectivity index (χ0v) is 9.81. The summed E-state index contributed by atoms with van der Waals surface area (Å²) in [5.41, 5.74) is 0. The zero-order valence-electron chi connectivity index (χ0n) is 8.99. The third kappa shape index (κ3) is 8.38. The van der Waals surface area contributed by atoms with Crippen LogP contribution < -0.4 is 0 Å². The fraction of sp³-hybridized carbons (Fsp3) is 0.900. The second-order valence-electron chi connectivity index (χ2n) is 2.98. The maximum absolute atomic E-state index is 10.9. The molecule has 4 heteroatoms. The van der Waals surface area contributed by atoms with Crippen LogP contribution in [0.3, 0.4) is 0 Å². The largest absolute Gasteiger partial charge is 0.466 e. The van der Waals surface area contributed by atoms with Crippen LogP contribution in [0.5, 0.6) is 0 Å². The van der Waals surface area contributed by atoms with Gasteiger partial charge >= 0.3 is 5.97 Å². The minimum Gasteiger partial charge on any atom is -0.466 e. The first-order valence-corrected chi connectivity index (χ1v) is 6.27. The fourth-order valence-electron chi connectivity index (χ4n) is 1.03. The lowest BCUT2D eigenvalue weighted by molar-refractivity contribution is -0.143. The Morgan fingerprint density at radius 2 is 2.14 bits per heavy atom. The van der Waals surface area contributed by atoms with Gasteiger partial charge in [0.15, 0.2) is 0 Å². The van der Waals surface area contributed by atoms with E-state index in [0.29, 0.717) is 19.4 Å². The van der Waals surface area contributed by atoms with E-state index in [2.05, 4.69) is 6.92 Å². The van der Waals surface area contributed by atoms with Crippen molar-refractivity contribution >= 4 is 17.7 Å². The Balaban J connectivity index is 3.33. The van der Waals surface area contributed by atoms with Gasteiger partial charge in [0, 0.05) is 6.42 Å². The number of esters is 1. The molecule has 0 amide bonds. The summed E-state index contributed by atoms with van der Waals surface area (Å²) in [5, 5.41) is 9.47. The summed E-state index contributed by atoms with van der Waals surface area (Å²) in [6, 6.07) is 0. The summed E-state index contributed by atoms with van der Waals surface area (Å²) in [6.07, 6.45) is 1.24. The Kier molecular flexibility index (Phi) is 9.19. The molecule has 0 heterocycles. The van der Waals surface area contributed by atoms with E-state index in [1.54, 1.807) is 18.7 Å². The summed E-state index contributed by atoms with van der Waals surface area (Å²) in [4.78, 5) is 10.9. The van der Waals surface area contributed by atoms with Crippen LogP contribution in [-0.2, 0) is 9.53 Å².